The van der Waals surface area contributed by atoms with Gasteiger partial charge in [0.2, 0.25) is 0 Å². The van der Waals surface area contributed by atoms with Crippen molar-refractivity contribution in [2.45, 2.75) is 19.4 Å². The molecule has 0 radical (unpaired) electrons. The summed E-state index contributed by atoms with van der Waals surface area (Å²) in [5, 5.41) is 9.73. The fraction of sp³-hybridized carbons (Fsp3) is 0.400. The highest BCUT2D eigenvalue weighted by molar-refractivity contribution is 5.85. The molecule has 0 unspecified atom stereocenters. The third kappa shape index (κ3) is 2.99. The number of phenols is 1. The van der Waals surface area contributed by atoms with Gasteiger partial charge in [-0.3, -0.25) is 0 Å². The van der Waals surface area contributed by atoms with Gasteiger partial charge in [0.25, 0.3) is 0 Å². The number of benzene rings is 1. The fourth-order valence-electron chi connectivity index (χ4n) is 1.52. The zero-order chi connectivity index (χ0) is 10.7. The summed E-state index contributed by atoms with van der Waals surface area (Å²) in [6.45, 7) is 2.39. The molecule has 7 N–H and O–H groups in total. The molecule has 0 saturated carbocycles. The standard InChI is InChI=1S/C10H17N3O.ClH/c1-6-2-3-8(13)10(14)9(6)7(12)4-5-11;/h2-3,7,14H,4-5,11-13H2,1H3;1H/t7-;/m1./s1. The van der Waals surface area contributed by atoms with E-state index >= 15 is 0 Å². The predicted molar refractivity (Wildman–Crippen MR) is 65.1 cm³/mol. The molecule has 0 spiro atoms. The summed E-state index contributed by atoms with van der Waals surface area (Å²) in [6, 6.07) is 3.27. The number of rotatable bonds is 3. The van der Waals surface area contributed by atoms with Crippen molar-refractivity contribution in [3.8, 4) is 5.75 Å². The van der Waals surface area contributed by atoms with E-state index in [1.54, 1.807) is 6.07 Å². The van der Waals surface area contributed by atoms with Crippen molar-refractivity contribution in [2.24, 2.45) is 11.5 Å². The van der Waals surface area contributed by atoms with Crippen LogP contribution >= 0.6 is 12.4 Å². The Kier molecular flexibility index (Phi) is 5.43. The smallest absolute Gasteiger partial charge is 0.143 e. The van der Waals surface area contributed by atoms with E-state index in [1.165, 1.54) is 0 Å². The Hall–Kier alpha value is -0.970. The monoisotopic (exact) mass is 231 g/mol. The van der Waals surface area contributed by atoms with E-state index in [2.05, 4.69) is 0 Å². The molecule has 0 aromatic heterocycles. The molecule has 0 aliphatic carbocycles. The topological polar surface area (TPSA) is 98.3 Å². The molecule has 1 atom stereocenters. The van der Waals surface area contributed by atoms with E-state index in [-0.39, 0.29) is 24.2 Å². The van der Waals surface area contributed by atoms with Crippen LogP contribution in [0.3, 0.4) is 0 Å². The van der Waals surface area contributed by atoms with Crippen LogP contribution in [0.5, 0.6) is 5.75 Å². The van der Waals surface area contributed by atoms with Crippen LogP contribution in [0.2, 0.25) is 0 Å². The zero-order valence-electron chi connectivity index (χ0n) is 8.73. The molecule has 1 rings (SSSR count). The number of halogens is 1. The molecule has 0 fully saturated rings. The van der Waals surface area contributed by atoms with Crippen molar-refractivity contribution in [1.82, 2.24) is 0 Å². The van der Waals surface area contributed by atoms with E-state index in [4.69, 9.17) is 17.2 Å². The molecule has 0 saturated heterocycles. The van der Waals surface area contributed by atoms with Gasteiger partial charge in [0.05, 0.1) is 5.69 Å². The number of nitrogen functional groups attached to an aromatic ring is 1. The van der Waals surface area contributed by atoms with Crippen molar-refractivity contribution in [3.63, 3.8) is 0 Å². The SMILES string of the molecule is Cc1ccc(N)c(O)c1[C@H](N)CCN.Cl. The Balaban J connectivity index is 0.00000196. The lowest BCUT2D eigenvalue weighted by atomic mass is 9.97. The molecule has 1 aromatic carbocycles. The third-order valence-corrected chi connectivity index (χ3v) is 2.31. The maximum absolute atomic E-state index is 9.73. The number of nitrogens with two attached hydrogens (primary N) is 3. The van der Waals surface area contributed by atoms with Crippen LogP contribution in [0.4, 0.5) is 5.69 Å². The van der Waals surface area contributed by atoms with E-state index in [9.17, 15) is 5.11 Å². The quantitative estimate of drug-likeness (QED) is 0.462. The van der Waals surface area contributed by atoms with Crippen LogP contribution in [-0.2, 0) is 0 Å². The first-order valence-corrected chi connectivity index (χ1v) is 4.61. The molecule has 0 heterocycles. The van der Waals surface area contributed by atoms with Gasteiger partial charge in [0.15, 0.2) is 0 Å². The minimum Gasteiger partial charge on any atom is -0.505 e. The van der Waals surface area contributed by atoms with Crippen LogP contribution in [0, 0.1) is 6.92 Å². The molecule has 86 valence electrons. The minimum absolute atomic E-state index is 0. The Morgan fingerprint density at radius 1 is 1.40 bits per heavy atom. The average Bonchev–Trinajstić information content (AvgIpc) is 2.13. The number of aromatic hydroxyl groups is 1. The molecular weight excluding hydrogens is 214 g/mol. The lowest BCUT2D eigenvalue weighted by Crippen LogP contribution is -2.16. The number of aryl methyl sites for hydroxylation is 1. The fourth-order valence-corrected chi connectivity index (χ4v) is 1.52. The van der Waals surface area contributed by atoms with Gasteiger partial charge < -0.3 is 22.3 Å². The van der Waals surface area contributed by atoms with Crippen LogP contribution in [0.1, 0.15) is 23.6 Å². The van der Waals surface area contributed by atoms with Gasteiger partial charge in [0.1, 0.15) is 5.75 Å². The van der Waals surface area contributed by atoms with Crippen molar-refractivity contribution in [1.29, 1.82) is 0 Å². The number of anilines is 1. The zero-order valence-corrected chi connectivity index (χ0v) is 9.55. The van der Waals surface area contributed by atoms with Gasteiger partial charge in [0, 0.05) is 11.6 Å². The van der Waals surface area contributed by atoms with E-state index in [0.717, 1.165) is 5.56 Å². The molecule has 5 heteroatoms. The molecule has 0 aliphatic rings. The Labute approximate surface area is 95.9 Å². The predicted octanol–water partition coefficient (Wildman–Crippen LogP) is 1.05. The van der Waals surface area contributed by atoms with Crippen molar-refractivity contribution in [3.05, 3.63) is 23.3 Å². The van der Waals surface area contributed by atoms with E-state index in [1.807, 2.05) is 13.0 Å². The molecule has 0 bridgehead atoms. The van der Waals surface area contributed by atoms with E-state index in [0.29, 0.717) is 24.2 Å². The summed E-state index contributed by atoms with van der Waals surface area (Å²) in [6.07, 6.45) is 0.637. The Morgan fingerprint density at radius 3 is 2.53 bits per heavy atom. The summed E-state index contributed by atoms with van der Waals surface area (Å²) >= 11 is 0. The average molecular weight is 232 g/mol. The molecule has 0 aliphatic heterocycles. The molecule has 0 amide bonds. The normalized spacial score (nSPS) is 11.9. The molecule has 4 nitrogen and oxygen atoms in total. The number of phenolic OH excluding ortho intramolecular Hbond substituents is 1. The van der Waals surface area contributed by atoms with Crippen molar-refractivity contribution < 1.29 is 5.11 Å². The van der Waals surface area contributed by atoms with Gasteiger partial charge in [-0.05, 0) is 31.5 Å². The maximum Gasteiger partial charge on any atom is 0.143 e. The summed E-state index contributed by atoms with van der Waals surface area (Å²) < 4.78 is 0. The van der Waals surface area contributed by atoms with Crippen LogP contribution < -0.4 is 17.2 Å². The van der Waals surface area contributed by atoms with Crippen molar-refractivity contribution >= 4 is 18.1 Å². The van der Waals surface area contributed by atoms with Crippen molar-refractivity contribution in [2.75, 3.05) is 12.3 Å². The van der Waals surface area contributed by atoms with Crippen LogP contribution in [0.15, 0.2) is 12.1 Å². The van der Waals surface area contributed by atoms with E-state index < -0.39 is 0 Å². The number of hydrogen-bond acceptors (Lipinski definition) is 4. The lowest BCUT2D eigenvalue weighted by molar-refractivity contribution is 0.461. The van der Waals surface area contributed by atoms with Gasteiger partial charge in [-0.25, -0.2) is 0 Å². The molecule has 15 heavy (non-hydrogen) atoms. The summed E-state index contributed by atoms with van der Waals surface area (Å²) in [7, 11) is 0. The van der Waals surface area contributed by atoms with Gasteiger partial charge in [-0.1, -0.05) is 6.07 Å². The molecule has 1 aromatic rings. The summed E-state index contributed by atoms with van der Waals surface area (Å²) in [5.41, 5.74) is 18.9. The Morgan fingerprint density at radius 2 is 2.00 bits per heavy atom. The Bertz CT molecular complexity index is 331. The number of hydrogen-bond donors (Lipinski definition) is 4. The van der Waals surface area contributed by atoms with Gasteiger partial charge >= 0.3 is 0 Å². The maximum atomic E-state index is 9.73. The highest BCUT2D eigenvalue weighted by Gasteiger charge is 2.14. The van der Waals surface area contributed by atoms with Gasteiger partial charge in [-0.15, -0.1) is 12.4 Å². The first kappa shape index (κ1) is 14.0. The second-order valence-corrected chi connectivity index (χ2v) is 3.42. The van der Waals surface area contributed by atoms with Crippen LogP contribution in [-0.4, -0.2) is 11.7 Å². The first-order chi connectivity index (χ1) is 6.57. The summed E-state index contributed by atoms with van der Waals surface area (Å²) in [4.78, 5) is 0. The van der Waals surface area contributed by atoms with Gasteiger partial charge in [-0.2, -0.15) is 0 Å². The lowest BCUT2D eigenvalue weighted by Gasteiger charge is -2.16. The minimum atomic E-state index is -0.247. The second kappa shape index (κ2) is 5.80. The highest BCUT2D eigenvalue weighted by Crippen LogP contribution is 2.32. The first-order valence-electron chi connectivity index (χ1n) is 4.61. The second-order valence-electron chi connectivity index (χ2n) is 3.42. The third-order valence-electron chi connectivity index (χ3n) is 2.31. The van der Waals surface area contributed by atoms with Crippen LogP contribution in [0.25, 0.3) is 0 Å². The highest BCUT2D eigenvalue weighted by atomic mass is 35.5. The largest absolute Gasteiger partial charge is 0.505 e. The summed E-state index contributed by atoms with van der Waals surface area (Å²) in [5.74, 6) is 0.0888. The molecular formula is C10H18ClN3O.